The summed E-state index contributed by atoms with van der Waals surface area (Å²) in [5.74, 6) is 0. The van der Waals surface area contributed by atoms with Gasteiger partial charge in [-0.1, -0.05) is 224 Å². The van der Waals surface area contributed by atoms with Crippen molar-refractivity contribution < 1.29 is 0 Å². The molecule has 2 aliphatic carbocycles. The molecule has 0 aromatic heterocycles. The van der Waals surface area contributed by atoms with Crippen molar-refractivity contribution in [3.05, 3.63) is 326 Å². The van der Waals surface area contributed by atoms with E-state index in [-0.39, 0.29) is 0 Å². The third-order valence-electron chi connectivity index (χ3n) is 16.2. The smallest absolute Gasteiger partial charge is 0.0727 e. The van der Waals surface area contributed by atoms with Crippen molar-refractivity contribution in [2.75, 3.05) is 9.80 Å². The summed E-state index contributed by atoms with van der Waals surface area (Å²) < 4.78 is 0. The molecule has 2 aliphatic rings. The Hall–Kier alpha value is -10.0. The van der Waals surface area contributed by atoms with E-state index in [1.165, 1.54) is 93.9 Å². The Balaban J connectivity index is 0.894. The molecule has 1 spiro atoms. The van der Waals surface area contributed by atoms with E-state index in [0.29, 0.717) is 0 Å². The molecular formula is C75H50N2. The third-order valence-corrected chi connectivity index (χ3v) is 16.2. The van der Waals surface area contributed by atoms with E-state index < -0.39 is 5.41 Å². The molecule has 0 radical (unpaired) electrons. The number of anilines is 6. The average molecular weight is 979 g/mol. The van der Waals surface area contributed by atoms with Crippen molar-refractivity contribution in [2.24, 2.45) is 0 Å². The zero-order chi connectivity index (χ0) is 50.9. The molecule has 0 unspecified atom stereocenters. The van der Waals surface area contributed by atoms with Gasteiger partial charge in [0.05, 0.1) is 5.41 Å². The number of hydrogen-bond donors (Lipinski definition) is 0. The lowest BCUT2D eigenvalue weighted by Gasteiger charge is -2.33. The lowest BCUT2D eigenvalue weighted by atomic mass is 9.70. The molecule has 13 aromatic rings. The first-order valence-electron chi connectivity index (χ1n) is 26.7. The summed E-state index contributed by atoms with van der Waals surface area (Å²) >= 11 is 0. The van der Waals surface area contributed by atoms with E-state index in [1.54, 1.807) is 0 Å². The number of fused-ring (bicyclic) bond motifs is 12. The molecule has 0 aliphatic heterocycles. The summed E-state index contributed by atoms with van der Waals surface area (Å²) in [7, 11) is 0. The van der Waals surface area contributed by atoms with E-state index >= 15 is 0 Å². The van der Waals surface area contributed by atoms with Gasteiger partial charge in [0.25, 0.3) is 0 Å². The van der Waals surface area contributed by atoms with Crippen LogP contribution in [0.1, 0.15) is 22.3 Å². The van der Waals surface area contributed by atoms with Crippen LogP contribution in [0.4, 0.5) is 34.1 Å². The van der Waals surface area contributed by atoms with Gasteiger partial charge in [-0.25, -0.2) is 0 Å². The Morgan fingerprint density at radius 3 is 1.00 bits per heavy atom. The summed E-state index contributed by atoms with van der Waals surface area (Å²) in [6, 6.07) is 112. The summed E-state index contributed by atoms with van der Waals surface area (Å²) in [4.78, 5) is 4.82. The van der Waals surface area contributed by atoms with Crippen molar-refractivity contribution >= 4 is 55.7 Å². The van der Waals surface area contributed by atoms with Crippen LogP contribution in [0.2, 0.25) is 0 Å². The Bertz CT molecular complexity index is 4280. The minimum atomic E-state index is -0.574. The fourth-order valence-corrected chi connectivity index (χ4v) is 13.0. The lowest BCUT2D eigenvalue weighted by molar-refractivity contribution is 0.793. The zero-order valence-corrected chi connectivity index (χ0v) is 42.3. The van der Waals surface area contributed by atoms with Gasteiger partial charge in [0.2, 0.25) is 0 Å². The summed E-state index contributed by atoms with van der Waals surface area (Å²) in [5, 5.41) is 4.99. The van der Waals surface area contributed by atoms with Crippen LogP contribution in [0.15, 0.2) is 303 Å². The summed E-state index contributed by atoms with van der Waals surface area (Å²) in [5.41, 5.74) is 23.6. The fourth-order valence-electron chi connectivity index (χ4n) is 13.0. The van der Waals surface area contributed by atoms with Crippen LogP contribution in [-0.2, 0) is 5.41 Å². The number of nitrogens with zero attached hydrogens (tertiary/aromatic N) is 2. The maximum absolute atomic E-state index is 2.49. The highest BCUT2D eigenvalue weighted by Gasteiger charge is 2.52. The van der Waals surface area contributed by atoms with Crippen molar-refractivity contribution in [2.45, 2.75) is 5.41 Å². The first-order valence-corrected chi connectivity index (χ1v) is 26.7. The minimum Gasteiger partial charge on any atom is -0.310 e. The molecule has 2 heteroatoms. The van der Waals surface area contributed by atoms with E-state index in [4.69, 9.17) is 0 Å². The van der Waals surface area contributed by atoms with Crippen molar-refractivity contribution in [1.82, 2.24) is 0 Å². The average Bonchev–Trinajstić information content (AvgIpc) is 3.97. The highest BCUT2D eigenvalue weighted by molar-refractivity contribution is 6.22. The molecule has 0 amide bonds. The Labute approximate surface area is 449 Å². The van der Waals surface area contributed by atoms with Gasteiger partial charge in [0, 0.05) is 34.1 Å². The van der Waals surface area contributed by atoms with E-state index in [0.717, 1.165) is 39.7 Å². The highest BCUT2D eigenvalue weighted by Crippen LogP contribution is 2.64. The lowest BCUT2D eigenvalue weighted by Crippen LogP contribution is -2.26. The van der Waals surface area contributed by atoms with Crippen LogP contribution in [0, 0.1) is 0 Å². The predicted octanol–water partition coefficient (Wildman–Crippen LogP) is 20.3. The summed E-state index contributed by atoms with van der Waals surface area (Å²) in [6.45, 7) is 0. The predicted molar refractivity (Wildman–Crippen MR) is 323 cm³/mol. The number of rotatable bonds is 9. The molecule has 0 bridgehead atoms. The molecule has 0 saturated heterocycles. The van der Waals surface area contributed by atoms with Gasteiger partial charge in [0.15, 0.2) is 0 Å². The quantitative estimate of drug-likeness (QED) is 0.133. The normalized spacial score (nSPS) is 12.5. The van der Waals surface area contributed by atoms with Crippen molar-refractivity contribution in [3.63, 3.8) is 0 Å². The van der Waals surface area contributed by atoms with Gasteiger partial charge in [-0.3, -0.25) is 0 Å². The van der Waals surface area contributed by atoms with Crippen molar-refractivity contribution in [3.8, 4) is 55.6 Å². The highest BCUT2D eigenvalue weighted by atomic mass is 15.1. The fraction of sp³-hybridized carbons (Fsp3) is 0.0133. The number of benzene rings is 13. The van der Waals surface area contributed by atoms with Crippen LogP contribution in [-0.4, -0.2) is 0 Å². The van der Waals surface area contributed by atoms with Crippen LogP contribution in [0.5, 0.6) is 0 Å². The van der Waals surface area contributed by atoms with Gasteiger partial charge in [0.1, 0.15) is 0 Å². The topological polar surface area (TPSA) is 6.48 Å². The Morgan fingerprint density at radius 1 is 0.195 bits per heavy atom. The summed E-state index contributed by atoms with van der Waals surface area (Å²) in [6.07, 6.45) is 0. The maximum atomic E-state index is 2.49. The zero-order valence-electron chi connectivity index (χ0n) is 42.3. The Morgan fingerprint density at radius 2 is 0.532 bits per heavy atom. The van der Waals surface area contributed by atoms with Crippen molar-refractivity contribution in [1.29, 1.82) is 0 Å². The maximum Gasteiger partial charge on any atom is 0.0727 e. The van der Waals surface area contributed by atoms with Crippen LogP contribution in [0.25, 0.3) is 77.2 Å². The largest absolute Gasteiger partial charge is 0.310 e. The molecule has 360 valence electrons. The molecule has 0 heterocycles. The van der Waals surface area contributed by atoms with Crippen LogP contribution < -0.4 is 9.80 Å². The van der Waals surface area contributed by atoms with E-state index in [1.807, 2.05) is 0 Å². The molecular weight excluding hydrogens is 929 g/mol. The van der Waals surface area contributed by atoms with Gasteiger partial charge in [-0.15, -0.1) is 0 Å². The second kappa shape index (κ2) is 18.1. The molecule has 13 aromatic carbocycles. The van der Waals surface area contributed by atoms with Crippen LogP contribution in [0.3, 0.4) is 0 Å². The Kier molecular flexibility index (Phi) is 10.5. The van der Waals surface area contributed by atoms with Crippen LogP contribution >= 0.6 is 0 Å². The SMILES string of the molecule is c1ccc(-c2c3ccccc3c(-c3ccccc3)c3cc(-c4ccc(N(c5ccccc5)c5ccc6c(c5)C5(c7ccccc7-c7ccccc75)c5cc(N(c7ccccc7)c7ccccc7)ccc5-6)cc4)ccc23)cc1. The molecule has 0 fully saturated rings. The second-order valence-electron chi connectivity index (χ2n) is 20.3. The van der Waals surface area contributed by atoms with E-state index in [9.17, 15) is 0 Å². The van der Waals surface area contributed by atoms with Gasteiger partial charge < -0.3 is 9.80 Å². The molecule has 2 nitrogen and oxygen atoms in total. The van der Waals surface area contributed by atoms with Gasteiger partial charge in [-0.05, 0) is 178 Å². The van der Waals surface area contributed by atoms with Gasteiger partial charge >= 0.3 is 0 Å². The first-order chi connectivity index (χ1) is 38.2. The number of para-hydroxylation sites is 3. The standard InChI is InChI=1S/C75H50N2/c1-6-22-52(23-7-1)73-65-34-16-17-35-66(65)74(53-24-8-2-9-25-53)68-48-54(40-45-67(68)73)51-38-41-58(42-39-51)77(57-30-14-5-15-31-57)60-44-47-64-63-46-43-59(76(55-26-10-3-11-27-55)56-28-12-4-13-29-56)49-71(63)75(72(64)50-60)69-36-20-18-32-61(69)62-33-19-21-37-70(62)75/h1-50H. The third kappa shape index (κ3) is 7.03. The van der Waals surface area contributed by atoms with Gasteiger partial charge in [-0.2, -0.15) is 0 Å². The first kappa shape index (κ1) is 44.5. The second-order valence-corrected chi connectivity index (χ2v) is 20.3. The molecule has 77 heavy (non-hydrogen) atoms. The number of hydrogen-bond acceptors (Lipinski definition) is 2. The minimum absolute atomic E-state index is 0.574. The molecule has 0 atom stereocenters. The van der Waals surface area contributed by atoms with E-state index in [2.05, 4.69) is 313 Å². The monoisotopic (exact) mass is 978 g/mol. The molecule has 0 saturated carbocycles. The molecule has 15 rings (SSSR count). The molecule has 0 N–H and O–H groups in total.